The molecule has 4 rings (SSSR count). The fourth-order valence-corrected chi connectivity index (χ4v) is 3.65. The van der Waals surface area contributed by atoms with Gasteiger partial charge in [0.15, 0.2) is 0 Å². The first kappa shape index (κ1) is 20.9. The van der Waals surface area contributed by atoms with Gasteiger partial charge in [-0.1, -0.05) is 11.6 Å². The zero-order chi connectivity index (χ0) is 21.8. The monoisotopic (exact) mass is 438 g/mol. The van der Waals surface area contributed by atoms with Crippen molar-refractivity contribution in [1.82, 2.24) is 14.5 Å². The first-order chi connectivity index (χ1) is 15.0. The summed E-state index contributed by atoms with van der Waals surface area (Å²) in [5.41, 5.74) is 1.29. The van der Waals surface area contributed by atoms with Crippen LogP contribution < -0.4 is 10.1 Å². The van der Waals surface area contributed by atoms with E-state index in [1.54, 1.807) is 53.6 Å². The van der Waals surface area contributed by atoms with Gasteiger partial charge in [0.2, 0.25) is 0 Å². The molecule has 0 radical (unpaired) electrons. The average Bonchev–Trinajstić information content (AvgIpc) is 3.44. The molecule has 31 heavy (non-hydrogen) atoms. The van der Waals surface area contributed by atoms with Crippen molar-refractivity contribution in [1.29, 1.82) is 0 Å². The number of halogens is 1. The number of benzene rings is 2. The van der Waals surface area contributed by atoms with Crippen LogP contribution in [0.5, 0.6) is 5.75 Å². The molecule has 0 unspecified atom stereocenters. The van der Waals surface area contributed by atoms with E-state index in [0.29, 0.717) is 34.2 Å². The Hall–Kier alpha value is -3.32. The molecule has 0 aliphatic carbocycles. The highest BCUT2D eigenvalue weighted by Crippen LogP contribution is 2.25. The van der Waals surface area contributed by atoms with Crippen molar-refractivity contribution in [3.8, 4) is 5.75 Å². The summed E-state index contributed by atoms with van der Waals surface area (Å²) in [5, 5.41) is 3.28. The molecule has 0 saturated carbocycles. The van der Waals surface area contributed by atoms with Crippen LogP contribution in [0.3, 0.4) is 0 Å². The molecule has 1 aliphatic heterocycles. The summed E-state index contributed by atoms with van der Waals surface area (Å²) >= 11 is 6.12. The van der Waals surface area contributed by atoms with Gasteiger partial charge >= 0.3 is 0 Å². The number of amides is 2. The first-order valence-electron chi connectivity index (χ1n) is 10.1. The van der Waals surface area contributed by atoms with E-state index in [2.05, 4.69) is 10.3 Å². The van der Waals surface area contributed by atoms with E-state index in [0.717, 1.165) is 31.8 Å². The fourth-order valence-electron chi connectivity index (χ4n) is 3.48. The Labute approximate surface area is 185 Å². The number of carbonyl (C=O) groups is 2. The maximum Gasteiger partial charge on any atom is 0.255 e. The molecule has 3 aromatic rings. The highest BCUT2D eigenvalue weighted by atomic mass is 35.5. The second-order valence-electron chi connectivity index (χ2n) is 7.41. The predicted molar refractivity (Wildman–Crippen MR) is 119 cm³/mol. The van der Waals surface area contributed by atoms with Gasteiger partial charge in [-0.2, -0.15) is 0 Å². The topological polar surface area (TPSA) is 76.5 Å². The van der Waals surface area contributed by atoms with Gasteiger partial charge in [-0.3, -0.25) is 9.59 Å². The van der Waals surface area contributed by atoms with E-state index in [9.17, 15) is 9.59 Å². The number of hydrogen-bond acceptors (Lipinski definition) is 4. The average molecular weight is 439 g/mol. The summed E-state index contributed by atoms with van der Waals surface area (Å²) in [7, 11) is 1.90. The van der Waals surface area contributed by atoms with E-state index < -0.39 is 0 Å². The molecule has 1 aromatic heterocycles. The lowest BCUT2D eigenvalue weighted by Crippen LogP contribution is -2.28. The van der Waals surface area contributed by atoms with Crippen LogP contribution in [-0.4, -0.2) is 39.4 Å². The molecule has 8 heteroatoms. The molecular formula is C23H23ClN4O3. The van der Waals surface area contributed by atoms with Crippen molar-refractivity contribution < 1.29 is 14.3 Å². The lowest BCUT2D eigenvalue weighted by Gasteiger charge is -2.18. The number of ether oxygens (including phenoxy) is 1. The number of aryl methyl sites for hydroxylation is 1. The largest absolute Gasteiger partial charge is 0.486 e. The minimum absolute atomic E-state index is 0.0949. The Morgan fingerprint density at radius 3 is 2.55 bits per heavy atom. The first-order valence-corrected chi connectivity index (χ1v) is 10.5. The second-order valence-corrected chi connectivity index (χ2v) is 7.85. The van der Waals surface area contributed by atoms with Crippen LogP contribution in [-0.2, 0) is 13.7 Å². The Morgan fingerprint density at radius 2 is 1.87 bits per heavy atom. The van der Waals surface area contributed by atoms with Gasteiger partial charge < -0.3 is 19.5 Å². The number of imidazole rings is 1. The Bertz CT molecular complexity index is 1090. The van der Waals surface area contributed by atoms with E-state index in [1.807, 2.05) is 17.8 Å². The lowest BCUT2D eigenvalue weighted by atomic mass is 10.1. The number of aromatic nitrogens is 2. The predicted octanol–water partition coefficient (Wildman–Crippen LogP) is 4.14. The number of nitrogens with one attached hydrogen (secondary N) is 1. The van der Waals surface area contributed by atoms with Crippen molar-refractivity contribution in [2.24, 2.45) is 7.05 Å². The number of rotatable bonds is 6. The van der Waals surface area contributed by atoms with Gasteiger partial charge in [-0.15, -0.1) is 0 Å². The van der Waals surface area contributed by atoms with Gasteiger partial charge in [0.1, 0.15) is 18.2 Å². The summed E-state index contributed by atoms with van der Waals surface area (Å²) in [6, 6.07) is 11.7. The Balaban J connectivity index is 1.45. The SMILES string of the molecule is Cn1ccnc1COc1ccc(C(=O)Nc2cc(Cl)ccc2C(=O)N2CCCC2)cc1. The third-order valence-corrected chi connectivity index (χ3v) is 5.49. The van der Waals surface area contributed by atoms with Crippen LogP contribution in [0.25, 0.3) is 0 Å². The molecule has 1 N–H and O–H groups in total. The van der Waals surface area contributed by atoms with Gasteiger partial charge in [0.05, 0.1) is 11.3 Å². The van der Waals surface area contributed by atoms with Gasteiger partial charge in [0.25, 0.3) is 11.8 Å². The number of likely N-dealkylation sites (tertiary alicyclic amines) is 1. The fraction of sp³-hybridized carbons (Fsp3) is 0.261. The molecule has 1 aliphatic rings. The molecule has 2 heterocycles. The normalized spacial score (nSPS) is 13.3. The van der Waals surface area contributed by atoms with Crippen LogP contribution in [0.2, 0.25) is 5.02 Å². The summed E-state index contributed by atoms with van der Waals surface area (Å²) in [6.45, 7) is 1.79. The highest BCUT2D eigenvalue weighted by molar-refractivity contribution is 6.31. The van der Waals surface area contributed by atoms with Crippen LogP contribution in [0.4, 0.5) is 5.69 Å². The maximum absolute atomic E-state index is 12.8. The van der Waals surface area contributed by atoms with Gasteiger partial charge in [-0.25, -0.2) is 4.98 Å². The third kappa shape index (κ3) is 4.88. The van der Waals surface area contributed by atoms with Crippen LogP contribution in [0, 0.1) is 0 Å². The van der Waals surface area contributed by atoms with Crippen molar-refractivity contribution in [3.05, 3.63) is 76.8 Å². The minimum atomic E-state index is -0.326. The lowest BCUT2D eigenvalue weighted by molar-refractivity contribution is 0.0794. The molecule has 1 saturated heterocycles. The molecule has 2 aromatic carbocycles. The molecule has 0 atom stereocenters. The molecule has 1 fully saturated rings. The quantitative estimate of drug-likeness (QED) is 0.627. The third-order valence-electron chi connectivity index (χ3n) is 5.26. The van der Waals surface area contributed by atoms with Crippen LogP contribution in [0.15, 0.2) is 54.9 Å². The zero-order valence-corrected chi connectivity index (χ0v) is 17.9. The molecule has 7 nitrogen and oxygen atoms in total. The van der Waals surface area contributed by atoms with Crippen molar-refractivity contribution in [3.63, 3.8) is 0 Å². The maximum atomic E-state index is 12.8. The molecule has 0 bridgehead atoms. The number of nitrogens with zero attached hydrogens (tertiary/aromatic N) is 3. The van der Waals surface area contributed by atoms with Crippen LogP contribution in [0.1, 0.15) is 39.4 Å². The molecule has 0 spiro atoms. The number of anilines is 1. The van der Waals surface area contributed by atoms with Crippen molar-refractivity contribution >= 4 is 29.1 Å². The Morgan fingerprint density at radius 1 is 1.13 bits per heavy atom. The highest BCUT2D eigenvalue weighted by Gasteiger charge is 2.23. The Kier molecular flexibility index (Phi) is 6.23. The van der Waals surface area contributed by atoms with E-state index in [-0.39, 0.29) is 11.8 Å². The zero-order valence-electron chi connectivity index (χ0n) is 17.2. The summed E-state index contributed by atoms with van der Waals surface area (Å²) < 4.78 is 7.61. The summed E-state index contributed by atoms with van der Waals surface area (Å²) in [5.74, 6) is 1.01. The standard InChI is InChI=1S/C23H23ClN4O3/c1-27-13-10-25-21(27)15-31-18-7-4-16(5-8-18)22(29)26-20-14-17(24)6-9-19(20)23(30)28-11-2-3-12-28/h4-10,13-14H,2-3,11-12,15H2,1H3,(H,26,29). The molecule has 2 amide bonds. The van der Waals surface area contributed by atoms with Gasteiger partial charge in [-0.05, 0) is 55.3 Å². The summed E-state index contributed by atoms with van der Waals surface area (Å²) in [4.78, 5) is 31.6. The minimum Gasteiger partial charge on any atom is -0.486 e. The second kappa shape index (κ2) is 9.22. The van der Waals surface area contributed by atoms with Crippen molar-refractivity contribution in [2.45, 2.75) is 19.4 Å². The van der Waals surface area contributed by atoms with E-state index >= 15 is 0 Å². The number of carbonyl (C=O) groups excluding carboxylic acids is 2. The van der Waals surface area contributed by atoms with E-state index in [4.69, 9.17) is 16.3 Å². The van der Waals surface area contributed by atoms with E-state index in [1.165, 1.54) is 0 Å². The van der Waals surface area contributed by atoms with Crippen LogP contribution >= 0.6 is 11.6 Å². The molecule has 160 valence electrons. The summed E-state index contributed by atoms with van der Waals surface area (Å²) in [6.07, 6.45) is 5.56. The molecular weight excluding hydrogens is 416 g/mol. The van der Waals surface area contributed by atoms with Crippen molar-refractivity contribution in [2.75, 3.05) is 18.4 Å². The number of hydrogen-bond donors (Lipinski definition) is 1. The smallest absolute Gasteiger partial charge is 0.255 e. The van der Waals surface area contributed by atoms with Gasteiger partial charge in [0, 0.05) is 43.1 Å².